The van der Waals surface area contributed by atoms with Crippen LogP contribution < -0.4 is 14.8 Å². The number of anilines is 1. The van der Waals surface area contributed by atoms with Crippen molar-refractivity contribution in [2.24, 2.45) is 0 Å². The van der Waals surface area contributed by atoms with Crippen LogP contribution in [0.3, 0.4) is 0 Å². The number of nitrogens with zero attached hydrogens (tertiary/aromatic N) is 2. The third-order valence-electron chi connectivity index (χ3n) is 4.41. The first-order valence-electron chi connectivity index (χ1n) is 9.24. The van der Waals surface area contributed by atoms with Crippen LogP contribution in [0.15, 0.2) is 48.5 Å². The van der Waals surface area contributed by atoms with Gasteiger partial charge >= 0.3 is 0 Å². The fraction of sp³-hybridized carbons (Fsp3) is 0.273. The minimum Gasteiger partial charge on any atom is -0.497 e. The summed E-state index contributed by atoms with van der Waals surface area (Å²) in [4.78, 5) is 12.9. The first-order chi connectivity index (χ1) is 13.5. The second-order valence-corrected chi connectivity index (χ2v) is 6.53. The Labute approximate surface area is 165 Å². The Morgan fingerprint density at radius 1 is 1.11 bits per heavy atom. The predicted molar refractivity (Wildman–Crippen MR) is 110 cm³/mol. The normalized spacial score (nSPS) is 10.6. The highest BCUT2D eigenvalue weighted by Gasteiger charge is 2.18. The van der Waals surface area contributed by atoms with Crippen LogP contribution >= 0.6 is 0 Å². The molecule has 0 fully saturated rings. The smallest absolute Gasteiger partial charge is 0.273 e. The molecule has 0 saturated heterocycles. The minimum atomic E-state index is -0.190. The minimum absolute atomic E-state index is 0.190. The largest absolute Gasteiger partial charge is 0.497 e. The van der Waals surface area contributed by atoms with Crippen LogP contribution in [0, 0.1) is 6.92 Å². The van der Waals surface area contributed by atoms with E-state index in [9.17, 15) is 4.79 Å². The molecule has 2 aromatic carbocycles. The molecule has 0 unspecified atom stereocenters. The molecule has 0 bridgehead atoms. The van der Waals surface area contributed by atoms with Crippen molar-refractivity contribution in [3.63, 3.8) is 0 Å². The van der Waals surface area contributed by atoms with Crippen molar-refractivity contribution in [1.82, 2.24) is 9.78 Å². The number of carbonyl (C=O) groups is 1. The lowest BCUT2D eigenvalue weighted by atomic mass is 10.1. The summed E-state index contributed by atoms with van der Waals surface area (Å²) in [5, 5.41) is 7.61. The van der Waals surface area contributed by atoms with E-state index in [1.165, 1.54) is 0 Å². The number of ether oxygens (including phenoxy) is 2. The van der Waals surface area contributed by atoms with Gasteiger partial charge in [0.05, 0.1) is 19.9 Å². The van der Waals surface area contributed by atoms with E-state index in [0.29, 0.717) is 29.4 Å². The van der Waals surface area contributed by atoms with Gasteiger partial charge in [0.25, 0.3) is 5.91 Å². The molecule has 0 atom stereocenters. The van der Waals surface area contributed by atoms with Crippen molar-refractivity contribution < 1.29 is 14.3 Å². The van der Waals surface area contributed by atoms with E-state index in [0.717, 1.165) is 23.2 Å². The molecule has 0 aliphatic carbocycles. The molecule has 0 aliphatic rings. The summed E-state index contributed by atoms with van der Waals surface area (Å²) in [7, 11) is 3.21. The number of methoxy groups -OCH3 is 2. The van der Waals surface area contributed by atoms with Crippen molar-refractivity contribution in [2.45, 2.75) is 26.8 Å². The lowest BCUT2D eigenvalue weighted by Gasteiger charge is -2.08. The number of amides is 1. The van der Waals surface area contributed by atoms with Crippen molar-refractivity contribution in [1.29, 1.82) is 0 Å². The molecule has 1 aromatic heterocycles. The van der Waals surface area contributed by atoms with Crippen molar-refractivity contribution in [2.75, 3.05) is 19.5 Å². The van der Waals surface area contributed by atoms with E-state index in [4.69, 9.17) is 9.47 Å². The fourth-order valence-corrected chi connectivity index (χ4v) is 3.04. The summed E-state index contributed by atoms with van der Waals surface area (Å²) >= 11 is 0. The number of nitrogens with one attached hydrogen (secondary N) is 1. The van der Waals surface area contributed by atoms with E-state index in [-0.39, 0.29) is 5.91 Å². The van der Waals surface area contributed by atoms with Gasteiger partial charge in [-0.2, -0.15) is 5.10 Å². The van der Waals surface area contributed by atoms with Crippen LogP contribution in [0.25, 0.3) is 11.3 Å². The maximum atomic E-state index is 12.9. The average molecular weight is 379 g/mol. The highest BCUT2D eigenvalue weighted by Crippen LogP contribution is 2.33. The molecule has 6 heteroatoms. The Balaban J connectivity index is 1.97. The van der Waals surface area contributed by atoms with Crippen LogP contribution in [0.1, 0.15) is 29.4 Å². The molecule has 1 N–H and O–H groups in total. The summed E-state index contributed by atoms with van der Waals surface area (Å²) in [6.45, 7) is 4.69. The quantitative estimate of drug-likeness (QED) is 0.655. The van der Waals surface area contributed by atoms with Gasteiger partial charge in [-0.05, 0) is 49.2 Å². The Kier molecular flexibility index (Phi) is 5.99. The molecule has 3 aromatic rings. The number of aryl methyl sites for hydroxylation is 2. The van der Waals surface area contributed by atoms with Gasteiger partial charge in [0, 0.05) is 23.9 Å². The Morgan fingerprint density at radius 3 is 2.61 bits per heavy atom. The fourth-order valence-electron chi connectivity index (χ4n) is 3.04. The molecular formula is C22H25N3O3. The van der Waals surface area contributed by atoms with E-state index in [2.05, 4.69) is 17.3 Å². The number of rotatable bonds is 7. The molecule has 0 radical (unpaired) electrons. The molecule has 0 saturated carbocycles. The number of benzene rings is 2. The molecule has 3 rings (SSSR count). The number of aromatic nitrogens is 2. The van der Waals surface area contributed by atoms with Crippen LogP contribution in [-0.2, 0) is 6.54 Å². The third-order valence-corrected chi connectivity index (χ3v) is 4.41. The van der Waals surface area contributed by atoms with Gasteiger partial charge in [-0.3, -0.25) is 9.48 Å². The van der Waals surface area contributed by atoms with Crippen molar-refractivity contribution in [3.8, 4) is 22.8 Å². The lowest BCUT2D eigenvalue weighted by molar-refractivity contribution is 0.101. The van der Waals surface area contributed by atoms with E-state index >= 15 is 0 Å². The standard InChI is InChI=1S/C22H25N3O3/c1-5-11-25-20(22(26)23-16-8-6-7-15(2)12-16)14-19(24-25)18-10-9-17(27-3)13-21(18)28-4/h6-10,12-14H,5,11H2,1-4H3,(H,23,26). The highest BCUT2D eigenvalue weighted by atomic mass is 16.5. The predicted octanol–water partition coefficient (Wildman–Crippen LogP) is 4.54. The van der Waals surface area contributed by atoms with Gasteiger partial charge in [0.1, 0.15) is 17.2 Å². The molecule has 1 heterocycles. The Bertz CT molecular complexity index is 979. The number of hydrogen-bond acceptors (Lipinski definition) is 4. The van der Waals surface area contributed by atoms with Gasteiger partial charge in [0.15, 0.2) is 0 Å². The Morgan fingerprint density at radius 2 is 1.93 bits per heavy atom. The summed E-state index contributed by atoms with van der Waals surface area (Å²) in [5.74, 6) is 1.16. The topological polar surface area (TPSA) is 65.4 Å². The first-order valence-corrected chi connectivity index (χ1v) is 9.24. The molecule has 28 heavy (non-hydrogen) atoms. The lowest BCUT2D eigenvalue weighted by Crippen LogP contribution is -2.17. The molecule has 146 valence electrons. The zero-order valence-corrected chi connectivity index (χ0v) is 16.7. The summed E-state index contributed by atoms with van der Waals surface area (Å²) in [5.41, 5.74) is 3.85. The maximum absolute atomic E-state index is 12.9. The third kappa shape index (κ3) is 4.17. The number of hydrogen-bond donors (Lipinski definition) is 1. The number of carbonyl (C=O) groups excluding carboxylic acids is 1. The van der Waals surface area contributed by atoms with Crippen LogP contribution in [0.2, 0.25) is 0 Å². The van der Waals surface area contributed by atoms with Gasteiger partial charge < -0.3 is 14.8 Å². The highest BCUT2D eigenvalue weighted by molar-refractivity contribution is 6.03. The monoisotopic (exact) mass is 379 g/mol. The van der Waals surface area contributed by atoms with Crippen LogP contribution in [-0.4, -0.2) is 29.9 Å². The second-order valence-electron chi connectivity index (χ2n) is 6.53. The molecule has 1 amide bonds. The van der Waals surface area contributed by atoms with Crippen molar-refractivity contribution in [3.05, 3.63) is 59.8 Å². The summed E-state index contributed by atoms with van der Waals surface area (Å²) in [6, 6.07) is 15.1. The summed E-state index contributed by atoms with van der Waals surface area (Å²) in [6.07, 6.45) is 0.867. The van der Waals surface area contributed by atoms with Crippen LogP contribution in [0.5, 0.6) is 11.5 Å². The second kappa shape index (κ2) is 8.61. The van der Waals surface area contributed by atoms with Gasteiger partial charge in [0.2, 0.25) is 0 Å². The maximum Gasteiger partial charge on any atom is 0.273 e. The molecular weight excluding hydrogens is 354 g/mol. The van der Waals surface area contributed by atoms with Gasteiger partial charge in [-0.1, -0.05) is 19.1 Å². The SMILES string of the molecule is CCCn1nc(-c2ccc(OC)cc2OC)cc1C(=O)Nc1cccc(C)c1. The molecule has 0 aliphatic heterocycles. The average Bonchev–Trinajstić information content (AvgIpc) is 3.11. The zero-order valence-electron chi connectivity index (χ0n) is 16.7. The molecule has 6 nitrogen and oxygen atoms in total. The van der Waals surface area contributed by atoms with Gasteiger partial charge in [-0.25, -0.2) is 0 Å². The summed E-state index contributed by atoms with van der Waals surface area (Å²) < 4.78 is 12.5. The molecule has 0 spiro atoms. The first kappa shape index (κ1) is 19.5. The Hall–Kier alpha value is -3.28. The van der Waals surface area contributed by atoms with Crippen LogP contribution in [0.4, 0.5) is 5.69 Å². The zero-order chi connectivity index (χ0) is 20.1. The van der Waals surface area contributed by atoms with Gasteiger partial charge in [-0.15, -0.1) is 0 Å². The van der Waals surface area contributed by atoms with E-state index in [1.807, 2.05) is 43.3 Å². The van der Waals surface area contributed by atoms with E-state index < -0.39 is 0 Å². The van der Waals surface area contributed by atoms with Crippen molar-refractivity contribution >= 4 is 11.6 Å². The van der Waals surface area contributed by atoms with E-state index in [1.54, 1.807) is 31.0 Å².